The maximum absolute atomic E-state index is 4.56. The van der Waals surface area contributed by atoms with Crippen molar-refractivity contribution in [1.29, 1.82) is 0 Å². The Kier molecular flexibility index (Phi) is 4.13. The third-order valence-corrected chi connectivity index (χ3v) is 3.17. The second-order valence-corrected chi connectivity index (χ2v) is 5.31. The van der Waals surface area contributed by atoms with Crippen LogP contribution in [-0.4, -0.2) is 35.1 Å². The number of likely N-dealkylation sites (tertiary alicyclic amines) is 1. The van der Waals surface area contributed by atoms with Crippen LogP contribution in [0.5, 0.6) is 0 Å². The fraction of sp³-hybridized carbons (Fsp3) is 0.643. The summed E-state index contributed by atoms with van der Waals surface area (Å²) in [6, 6.07) is 7.50. The van der Waals surface area contributed by atoms with Crippen LogP contribution in [0.2, 0.25) is 0 Å². The van der Waals surface area contributed by atoms with E-state index in [4.69, 9.17) is 0 Å². The molecular weight excluding hydrogens is 210 g/mol. The number of nitrogens with one attached hydrogen (secondary N) is 1. The van der Waals surface area contributed by atoms with Gasteiger partial charge in [0, 0.05) is 37.4 Å². The Morgan fingerprint density at radius 2 is 2.29 bits per heavy atom. The molecule has 0 saturated carbocycles. The van der Waals surface area contributed by atoms with E-state index in [0.717, 1.165) is 18.8 Å². The fourth-order valence-corrected chi connectivity index (χ4v) is 2.50. The van der Waals surface area contributed by atoms with Gasteiger partial charge >= 0.3 is 0 Å². The molecule has 0 radical (unpaired) electrons. The molecule has 3 nitrogen and oxygen atoms in total. The molecule has 0 bridgehead atoms. The molecule has 2 rings (SSSR count). The summed E-state index contributed by atoms with van der Waals surface area (Å²) in [5, 5.41) is 3.61. The number of pyridine rings is 1. The Balaban J connectivity index is 1.85. The second-order valence-electron chi connectivity index (χ2n) is 5.31. The Morgan fingerprint density at radius 1 is 1.47 bits per heavy atom. The minimum absolute atomic E-state index is 0.581. The van der Waals surface area contributed by atoms with Gasteiger partial charge in [0.2, 0.25) is 0 Å². The van der Waals surface area contributed by atoms with Crippen molar-refractivity contribution in [2.75, 3.05) is 13.1 Å². The average Bonchev–Trinajstić information content (AvgIpc) is 2.64. The van der Waals surface area contributed by atoms with Gasteiger partial charge in [0.25, 0.3) is 0 Å². The van der Waals surface area contributed by atoms with E-state index < -0.39 is 0 Å². The molecule has 1 aromatic heterocycles. The highest BCUT2D eigenvalue weighted by atomic mass is 15.2. The lowest BCUT2D eigenvalue weighted by Crippen LogP contribution is -2.36. The van der Waals surface area contributed by atoms with Crippen LogP contribution in [0, 0.1) is 6.92 Å². The number of aromatic nitrogens is 1. The highest BCUT2D eigenvalue weighted by molar-refractivity contribution is 5.10. The van der Waals surface area contributed by atoms with E-state index in [1.807, 2.05) is 0 Å². The van der Waals surface area contributed by atoms with E-state index >= 15 is 0 Å². The summed E-state index contributed by atoms with van der Waals surface area (Å²) in [6.07, 6.45) is 1.25. The summed E-state index contributed by atoms with van der Waals surface area (Å²) < 4.78 is 0. The summed E-state index contributed by atoms with van der Waals surface area (Å²) >= 11 is 0. The highest BCUT2D eigenvalue weighted by Gasteiger charge is 2.22. The maximum atomic E-state index is 4.56. The van der Waals surface area contributed by atoms with Gasteiger partial charge in [-0.05, 0) is 25.5 Å². The van der Waals surface area contributed by atoms with Crippen molar-refractivity contribution in [2.45, 2.75) is 45.8 Å². The first kappa shape index (κ1) is 12.5. The molecule has 0 aromatic carbocycles. The van der Waals surface area contributed by atoms with Gasteiger partial charge in [-0.1, -0.05) is 19.9 Å². The summed E-state index contributed by atoms with van der Waals surface area (Å²) in [4.78, 5) is 7.05. The van der Waals surface area contributed by atoms with Crippen LogP contribution >= 0.6 is 0 Å². The maximum Gasteiger partial charge on any atom is 0.0547 e. The summed E-state index contributed by atoms with van der Waals surface area (Å²) in [5.74, 6) is 0. The number of hydrogen-bond donors (Lipinski definition) is 1. The predicted octanol–water partition coefficient (Wildman–Crippen LogP) is 1.96. The predicted molar refractivity (Wildman–Crippen MR) is 70.9 cm³/mol. The van der Waals surface area contributed by atoms with Crippen molar-refractivity contribution in [3.63, 3.8) is 0 Å². The molecule has 1 aliphatic rings. The van der Waals surface area contributed by atoms with Gasteiger partial charge in [0.15, 0.2) is 0 Å². The van der Waals surface area contributed by atoms with Crippen LogP contribution < -0.4 is 5.32 Å². The Morgan fingerprint density at radius 3 is 3.00 bits per heavy atom. The van der Waals surface area contributed by atoms with E-state index in [9.17, 15) is 0 Å². The van der Waals surface area contributed by atoms with E-state index in [0.29, 0.717) is 12.1 Å². The van der Waals surface area contributed by atoms with Gasteiger partial charge in [-0.3, -0.25) is 9.88 Å². The molecule has 1 fully saturated rings. The minimum atomic E-state index is 0.581. The normalized spacial score (nSPS) is 21.3. The summed E-state index contributed by atoms with van der Waals surface area (Å²) in [6.45, 7) is 9.79. The topological polar surface area (TPSA) is 28.2 Å². The third kappa shape index (κ3) is 3.79. The average molecular weight is 233 g/mol. The Labute approximate surface area is 104 Å². The van der Waals surface area contributed by atoms with Gasteiger partial charge in [0.1, 0.15) is 0 Å². The van der Waals surface area contributed by atoms with E-state index in [1.165, 1.54) is 18.7 Å². The number of rotatable bonds is 4. The molecule has 2 heterocycles. The van der Waals surface area contributed by atoms with Crippen molar-refractivity contribution in [1.82, 2.24) is 15.2 Å². The minimum Gasteiger partial charge on any atom is -0.310 e. The lowest BCUT2D eigenvalue weighted by Gasteiger charge is -2.18. The molecule has 1 atom stereocenters. The van der Waals surface area contributed by atoms with Crippen LogP contribution in [0.4, 0.5) is 0 Å². The summed E-state index contributed by atoms with van der Waals surface area (Å²) in [5.41, 5.74) is 2.30. The number of aryl methyl sites for hydroxylation is 1. The lowest BCUT2D eigenvalue weighted by molar-refractivity contribution is 0.313. The first-order chi connectivity index (χ1) is 8.13. The zero-order chi connectivity index (χ0) is 12.3. The molecule has 1 saturated heterocycles. The number of hydrogen-bond acceptors (Lipinski definition) is 3. The van der Waals surface area contributed by atoms with Crippen LogP contribution in [-0.2, 0) is 6.54 Å². The first-order valence-corrected chi connectivity index (χ1v) is 6.54. The third-order valence-electron chi connectivity index (χ3n) is 3.17. The van der Waals surface area contributed by atoms with Crippen LogP contribution in [0.3, 0.4) is 0 Å². The molecule has 17 heavy (non-hydrogen) atoms. The first-order valence-electron chi connectivity index (χ1n) is 6.54. The molecule has 1 aliphatic heterocycles. The lowest BCUT2D eigenvalue weighted by atomic mass is 10.2. The smallest absolute Gasteiger partial charge is 0.0547 e. The van der Waals surface area contributed by atoms with Gasteiger partial charge in [-0.15, -0.1) is 0 Å². The standard InChI is InChI=1S/C14H23N3/c1-11(2)15-14-7-8-17(10-14)9-13-6-4-5-12(3)16-13/h4-6,11,14-15H,7-10H2,1-3H3. The largest absolute Gasteiger partial charge is 0.310 e. The van der Waals surface area contributed by atoms with Crippen molar-refractivity contribution in [3.05, 3.63) is 29.6 Å². The van der Waals surface area contributed by atoms with Crippen LogP contribution in [0.25, 0.3) is 0 Å². The molecule has 0 spiro atoms. The van der Waals surface area contributed by atoms with Crippen molar-refractivity contribution >= 4 is 0 Å². The highest BCUT2D eigenvalue weighted by Crippen LogP contribution is 2.13. The van der Waals surface area contributed by atoms with E-state index in [-0.39, 0.29) is 0 Å². The molecule has 94 valence electrons. The van der Waals surface area contributed by atoms with Crippen molar-refractivity contribution < 1.29 is 0 Å². The van der Waals surface area contributed by atoms with Gasteiger partial charge in [-0.2, -0.15) is 0 Å². The Hall–Kier alpha value is -0.930. The number of nitrogens with zero attached hydrogens (tertiary/aromatic N) is 2. The summed E-state index contributed by atoms with van der Waals surface area (Å²) in [7, 11) is 0. The SMILES string of the molecule is Cc1cccc(CN2CCC(NC(C)C)C2)n1. The van der Waals surface area contributed by atoms with Gasteiger partial charge < -0.3 is 5.32 Å². The fourth-order valence-electron chi connectivity index (χ4n) is 2.50. The van der Waals surface area contributed by atoms with Crippen LogP contribution in [0.15, 0.2) is 18.2 Å². The van der Waals surface area contributed by atoms with Crippen molar-refractivity contribution in [2.24, 2.45) is 0 Å². The molecule has 0 aliphatic carbocycles. The monoisotopic (exact) mass is 233 g/mol. The Bertz CT molecular complexity index is 362. The molecular formula is C14H23N3. The zero-order valence-corrected chi connectivity index (χ0v) is 11.1. The molecule has 1 N–H and O–H groups in total. The van der Waals surface area contributed by atoms with Crippen molar-refractivity contribution in [3.8, 4) is 0 Å². The van der Waals surface area contributed by atoms with Crippen LogP contribution in [0.1, 0.15) is 31.7 Å². The second kappa shape index (κ2) is 5.61. The van der Waals surface area contributed by atoms with E-state index in [1.54, 1.807) is 0 Å². The molecule has 3 heteroatoms. The molecule has 0 amide bonds. The molecule has 1 aromatic rings. The molecule has 1 unspecified atom stereocenters. The zero-order valence-electron chi connectivity index (χ0n) is 11.1. The van der Waals surface area contributed by atoms with Gasteiger partial charge in [0.05, 0.1) is 5.69 Å². The quantitative estimate of drug-likeness (QED) is 0.861. The van der Waals surface area contributed by atoms with E-state index in [2.05, 4.69) is 54.2 Å². The van der Waals surface area contributed by atoms with Gasteiger partial charge in [-0.25, -0.2) is 0 Å².